The van der Waals surface area contributed by atoms with Crippen LogP contribution in [0.15, 0.2) is 29.8 Å². The van der Waals surface area contributed by atoms with Gasteiger partial charge in [-0.1, -0.05) is 48.4 Å². The molecule has 0 heterocycles. The molecule has 0 saturated carbocycles. The van der Waals surface area contributed by atoms with Gasteiger partial charge in [-0.2, -0.15) is 0 Å². The molecule has 0 bridgehead atoms. The SMILES string of the molecule is CCCNC(C1=CCCC1)c1cccc(C)c1Cl. The molecule has 1 aliphatic carbocycles. The van der Waals surface area contributed by atoms with Gasteiger partial charge >= 0.3 is 0 Å². The maximum atomic E-state index is 6.48. The average molecular weight is 264 g/mol. The van der Waals surface area contributed by atoms with E-state index in [1.165, 1.54) is 30.4 Å². The minimum absolute atomic E-state index is 0.305. The van der Waals surface area contributed by atoms with Gasteiger partial charge in [0.25, 0.3) is 0 Å². The van der Waals surface area contributed by atoms with Crippen molar-refractivity contribution in [1.82, 2.24) is 5.32 Å². The smallest absolute Gasteiger partial charge is 0.0550 e. The molecule has 1 aromatic carbocycles. The highest BCUT2D eigenvalue weighted by molar-refractivity contribution is 6.32. The first-order valence-electron chi connectivity index (χ1n) is 6.91. The van der Waals surface area contributed by atoms with E-state index < -0.39 is 0 Å². The summed E-state index contributed by atoms with van der Waals surface area (Å²) in [5, 5.41) is 4.56. The second-order valence-electron chi connectivity index (χ2n) is 5.04. The van der Waals surface area contributed by atoms with Gasteiger partial charge in [-0.25, -0.2) is 0 Å². The van der Waals surface area contributed by atoms with Crippen molar-refractivity contribution in [2.45, 2.75) is 45.6 Å². The molecule has 0 aromatic heterocycles. The summed E-state index contributed by atoms with van der Waals surface area (Å²) in [6, 6.07) is 6.64. The third kappa shape index (κ3) is 2.96. The number of benzene rings is 1. The first kappa shape index (κ1) is 13.6. The zero-order valence-electron chi connectivity index (χ0n) is 11.3. The Balaban J connectivity index is 2.30. The highest BCUT2D eigenvalue weighted by Crippen LogP contribution is 2.35. The van der Waals surface area contributed by atoms with Gasteiger partial charge in [0.1, 0.15) is 0 Å². The van der Waals surface area contributed by atoms with Crippen LogP contribution < -0.4 is 5.32 Å². The summed E-state index contributed by atoms with van der Waals surface area (Å²) in [5.74, 6) is 0. The van der Waals surface area contributed by atoms with Crippen LogP contribution in [-0.4, -0.2) is 6.54 Å². The summed E-state index contributed by atoms with van der Waals surface area (Å²) in [6.07, 6.45) is 7.22. The molecular formula is C16H22ClN. The molecule has 1 atom stereocenters. The monoisotopic (exact) mass is 263 g/mol. The Kier molecular flexibility index (Phi) is 4.85. The molecular weight excluding hydrogens is 242 g/mol. The number of aryl methyl sites for hydroxylation is 1. The largest absolute Gasteiger partial charge is 0.306 e. The van der Waals surface area contributed by atoms with E-state index >= 15 is 0 Å². The van der Waals surface area contributed by atoms with Gasteiger partial charge in [0.2, 0.25) is 0 Å². The second kappa shape index (κ2) is 6.40. The number of halogens is 1. The van der Waals surface area contributed by atoms with Crippen molar-refractivity contribution in [1.29, 1.82) is 0 Å². The van der Waals surface area contributed by atoms with Crippen LogP contribution in [0.5, 0.6) is 0 Å². The van der Waals surface area contributed by atoms with Crippen molar-refractivity contribution >= 4 is 11.6 Å². The Bertz CT molecular complexity index is 437. The van der Waals surface area contributed by atoms with Crippen molar-refractivity contribution < 1.29 is 0 Å². The Morgan fingerprint density at radius 2 is 2.22 bits per heavy atom. The maximum absolute atomic E-state index is 6.48. The summed E-state index contributed by atoms with van der Waals surface area (Å²) in [5.41, 5.74) is 3.91. The molecule has 1 unspecified atom stereocenters. The van der Waals surface area contributed by atoms with Crippen molar-refractivity contribution in [3.05, 3.63) is 46.0 Å². The molecule has 1 N–H and O–H groups in total. The van der Waals surface area contributed by atoms with Crippen molar-refractivity contribution in [2.24, 2.45) is 0 Å². The van der Waals surface area contributed by atoms with Gasteiger partial charge in [0.15, 0.2) is 0 Å². The van der Waals surface area contributed by atoms with Crippen LogP contribution >= 0.6 is 11.6 Å². The second-order valence-corrected chi connectivity index (χ2v) is 5.41. The van der Waals surface area contributed by atoms with E-state index in [0.717, 1.165) is 23.6 Å². The van der Waals surface area contributed by atoms with E-state index in [1.54, 1.807) is 0 Å². The van der Waals surface area contributed by atoms with Gasteiger partial charge in [-0.15, -0.1) is 0 Å². The molecule has 2 rings (SSSR count). The van der Waals surface area contributed by atoms with Crippen LogP contribution in [0.4, 0.5) is 0 Å². The zero-order valence-corrected chi connectivity index (χ0v) is 12.1. The van der Waals surface area contributed by atoms with E-state index in [4.69, 9.17) is 11.6 Å². The van der Waals surface area contributed by atoms with Crippen LogP contribution in [0.2, 0.25) is 5.02 Å². The van der Waals surface area contributed by atoms with Gasteiger partial charge in [0.05, 0.1) is 6.04 Å². The third-order valence-corrected chi connectivity index (χ3v) is 4.09. The van der Waals surface area contributed by atoms with Gasteiger partial charge in [0, 0.05) is 5.02 Å². The Morgan fingerprint density at radius 1 is 1.39 bits per heavy atom. The molecule has 98 valence electrons. The Hall–Kier alpha value is -0.790. The summed E-state index contributed by atoms with van der Waals surface area (Å²) in [6.45, 7) is 5.31. The third-order valence-electron chi connectivity index (χ3n) is 3.58. The summed E-state index contributed by atoms with van der Waals surface area (Å²) >= 11 is 6.48. The lowest BCUT2D eigenvalue weighted by Crippen LogP contribution is -2.24. The minimum Gasteiger partial charge on any atom is -0.306 e. The van der Waals surface area contributed by atoms with E-state index in [0.29, 0.717) is 6.04 Å². The molecule has 1 aliphatic rings. The van der Waals surface area contributed by atoms with Crippen LogP contribution in [0.1, 0.15) is 49.8 Å². The number of nitrogens with one attached hydrogen (secondary N) is 1. The number of rotatable bonds is 5. The molecule has 0 saturated heterocycles. The fourth-order valence-electron chi connectivity index (χ4n) is 2.58. The normalized spacial score (nSPS) is 16.7. The number of hydrogen-bond donors (Lipinski definition) is 1. The topological polar surface area (TPSA) is 12.0 Å². The van der Waals surface area contributed by atoms with Gasteiger partial charge in [-0.05, 0) is 50.3 Å². The molecule has 18 heavy (non-hydrogen) atoms. The van der Waals surface area contributed by atoms with E-state index in [1.807, 2.05) is 0 Å². The lowest BCUT2D eigenvalue weighted by atomic mass is 9.96. The average Bonchev–Trinajstić information content (AvgIpc) is 2.88. The Labute approximate surface area is 115 Å². The predicted molar refractivity (Wildman–Crippen MR) is 79.2 cm³/mol. The predicted octanol–water partition coefficient (Wildman–Crippen LogP) is 4.80. The molecule has 0 radical (unpaired) electrons. The van der Waals surface area contributed by atoms with Gasteiger partial charge < -0.3 is 5.32 Å². The van der Waals surface area contributed by atoms with Crippen molar-refractivity contribution in [3.63, 3.8) is 0 Å². The van der Waals surface area contributed by atoms with Crippen LogP contribution in [0, 0.1) is 6.92 Å². The molecule has 2 heteroatoms. The van der Waals surface area contributed by atoms with Crippen LogP contribution in [0.3, 0.4) is 0 Å². The van der Waals surface area contributed by atoms with Crippen LogP contribution in [-0.2, 0) is 0 Å². The highest BCUT2D eigenvalue weighted by Gasteiger charge is 2.20. The molecule has 0 aliphatic heterocycles. The number of hydrogen-bond acceptors (Lipinski definition) is 1. The van der Waals surface area contributed by atoms with Crippen molar-refractivity contribution in [3.8, 4) is 0 Å². The molecule has 0 fully saturated rings. The zero-order chi connectivity index (χ0) is 13.0. The van der Waals surface area contributed by atoms with Gasteiger partial charge in [-0.3, -0.25) is 0 Å². The molecule has 1 aromatic rings. The molecule has 1 nitrogen and oxygen atoms in total. The lowest BCUT2D eigenvalue weighted by Gasteiger charge is -2.22. The summed E-state index contributed by atoms with van der Waals surface area (Å²) < 4.78 is 0. The number of allylic oxidation sites excluding steroid dienone is 1. The van der Waals surface area contributed by atoms with E-state index in [9.17, 15) is 0 Å². The van der Waals surface area contributed by atoms with Crippen molar-refractivity contribution in [2.75, 3.05) is 6.54 Å². The first-order valence-corrected chi connectivity index (χ1v) is 7.29. The maximum Gasteiger partial charge on any atom is 0.0550 e. The first-order chi connectivity index (χ1) is 8.74. The molecule has 0 spiro atoms. The quantitative estimate of drug-likeness (QED) is 0.753. The van der Waals surface area contributed by atoms with E-state index in [-0.39, 0.29) is 0 Å². The highest BCUT2D eigenvalue weighted by atomic mass is 35.5. The fraction of sp³-hybridized carbons (Fsp3) is 0.500. The summed E-state index contributed by atoms with van der Waals surface area (Å²) in [4.78, 5) is 0. The lowest BCUT2D eigenvalue weighted by molar-refractivity contribution is 0.578. The molecule has 0 amide bonds. The Morgan fingerprint density at radius 3 is 2.89 bits per heavy atom. The van der Waals surface area contributed by atoms with E-state index in [2.05, 4.69) is 43.4 Å². The van der Waals surface area contributed by atoms with Crippen LogP contribution in [0.25, 0.3) is 0 Å². The minimum atomic E-state index is 0.305. The fourth-order valence-corrected chi connectivity index (χ4v) is 2.82. The standard InChI is InChI=1S/C16H22ClN/c1-3-11-18-16(13-8-4-5-9-13)14-10-6-7-12(2)15(14)17/h6-8,10,16,18H,3-5,9,11H2,1-2H3. The summed E-state index contributed by atoms with van der Waals surface area (Å²) in [7, 11) is 0.